The van der Waals surface area contributed by atoms with Crippen LogP contribution in [0.25, 0.3) is 0 Å². The summed E-state index contributed by atoms with van der Waals surface area (Å²) in [5.74, 6) is 0. The molecule has 2 rings (SSSR count). The molecule has 14 heavy (non-hydrogen) atoms. The molecule has 0 aromatic rings. The highest BCUT2D eigenvalue weighted by Gasteiger charge is 2.42. The first-order chi connectivity index (χ1) is 6.64. The van der Waals surface area contributed by atoms with Crippen molar-refractivity contribution in [2.45, 2.75) is 52.1 Å². The lowest BCUT2D eigenvalue weighted by atomic mass is 9.77. The number of rotatable bonds is 2. The van der Waals surface area contributed by atoms with Gasteiger partial charge in [-0.2, -0.15) is 0 Å². The van der Waals surface area contributed by atoms with Crippen LogP contribution in [0.1, 0.15) is 40.0 Å². The molecule has 0 aromatic carbocycles. The summed E-state index contributed by atoms with van der Waals surface area (Å²) < 4.78 is 0. The van der Waals surface area contributed by atoms with Gasteiger partial charge in [-0.25, -0.2) is 0 Å². The second-order valence-electron chi connectivity index (χ2n) is 5.52. The second-order valence-corrected chi connectivity index (χ2v) is 5.52. The zero-order valence-corrected chi connectivity index (χ0v) is 9.84. The quantitative estimate of drug-likeness (QED) is 0.725. The minimum atomic E-state index is 0.622. The van der Waals surface area contributed by atoms with E-state index in [-0.39, 0.29) is 0 Å². The van der Waals surface area contributed by atoms with Crippen LogP contribution in [0, 0.1) is 5.41 Å². The summed E-state index contributed by atoms with van der Waals surface area (Å²) in [6.45, 7) is 10.9. The van der Waals surface area contributed by atoms with Crippen LogP contribution in [0.4, 0.5) is 0 Å². The van der Waals surface area contributed by atoms with Gasteiger partial charge >= 0.3 is 0 Å². The molecule has 2 saturated heterocycles. The average molecular weight is 196 g/mol. The Labute approximate surface area is 88.1 Å². The molecule has 82 valence electrons. The predicted octanol–water partition coefficient (Wildman–Crippen LogP) is 1.86. The van der Waals surface area contributed by atoms with Crippen LogP contribution < -0.4 is 5.32 Å². The Morgan fingerprint density at radius 2 is 2.14 bits per heavy atom. The normalized spacial score (nSPS) is 37.9. The summed E-state index contributed by atoms with van der Waals surface area (Å²) in [5.41, 5.74) is 0.622. The number of likely N-dealkylation sites (tertiary alicyclic amines) is 1. The maximum absolute atomic E-state index is 3.58. The number of piperidine rings is 1. The van der Waals surface area contributed by atoms with Crippen LogP contribution >= 0.6 is 0 Å². The van der Waals surface area contributed by atoms with Crippen molar-refractivity contribution in [1.29, 1.82) is 0 Å². The van der Waals surface area contributed by atoms with E-state index in [0.29, 0.717) is 11.5 Å². The smallest absolute Gasteiger partial charge is 0.0247 e. The molecule has 0 spiro atoms. The van der Waals surface area contributed by atoms with Gasteiger partial charge < -0.3 is 5.32 Å². The molecule has 2 nitrogen and oxygen atoms in total. The fourth-order valence-corrected chi connectivity index (χ4v) is 2.92. The van der Waals surface area contributed by atoms with Gasteiger partial charge in [-0.05, 0) is 38.1 Å². The van der Waals surface area contributed by atoms with Crippen molar-refractivity contribution in [2.24, 2.45) is 5.41 Å². The highest BCUT2D eigenvalue weighted by atomic mass is 15.3. The van der Waals surface area contributed by atoms with E-state index in [1.54, 1.807) is 0 Å². The zero-order valence-electron chi connectivity index (χ0n) is 9.84. The SMILES string of the molecule is CCC1(C)CN(C2CCCNC2C)C1. The van der Waals surface area contributed by atoms with Gasteiger partial charge in [0.25, 0.3) is 0 Å². The van der Waals surface area contributed by atoms with Crippen molar-refractivity contribution >= 4 is 0 Å². The summed E-state index contributed by atoms with van der Waals surface area (Å²) >= 11 is 0. The fraction of sp³-hybridized carbons (Fsp3) is 1.00. The van der Waals surface area contributed by atoms with Crippen LogP contribution in [0.15, 0.2) is 0 Å². The largest absolute Gasteiger partial charge is 0.313 e. The molecule has 2 heterocycles. The van der Waals surface area contributed by atoms with Crippen LogP contribution in [-0.4, -0.2) is 36.6 Å². The molecular formula is C12H24N2. The molecule has 2 atom stereocenters. The third-order valence-electron chi connectivity index (χ3n) is 4.21. The van der Waals surface area contributed by atoms with Crippen LogP contribution in [-0.2, 0) is 0 Å². The van der Waals surface area contributed by atoms with Gasteiger partial charge in [0.2, 0.25) is 0 Å². The molecule has 2 unspecified atom stereocenters. The van der Waals surface area contributed by atoms with Gasteiger partial charge in [0.05, 0.1) is 0 Å². The van der Waals surface area contributed by atoms with Gasteiger partial charge in [0.15, 0.2) is 0 Å². The molecule has 0 aliphatic carbocycles. The van der Waals surface area contributed by atoms with E-state index >= 15 is 0 Å². The van der Waals surface area contributed by atoms with Gasteiger partial charge in [-0.3, -0.25) is 4.90 Å². The van der Waals surface area contributed by atoms with E-state index in [0.717, 1.165) is 6.04 Å². The lowest BCUT2D eigenvalue weighted by Gasteiger charge is -2.54. The first-order valence-electron chi connectivity index (χ1n) is 6.12. The summed E-state index contributed by atoms with van der Waals surface area (Å²) in [6.07, 6.45) is 4.08. The monoisotopic (exact) mass is 196 g/mol. The van der Waals surface area contributed by atoms with Crippen molar-refractivity contribution in [2.75, 3.05) is 19.6 Å². The van der Waals surface area contributed by atoms with Crippen molar-refractivity contribution in [1.82, 2.24) is 10.2 Å². The van der Waals surface area contributed by atoms with Crippen molar-refractivity contribution < 1.29 is 0 Å². The highest BCUT2D eigenvalue weighted by Crippen LogP contribution is 2.36. The van der Waals surface area contributed by atoms with Gasteiger partial charge in [-0.1, -0.05) is 13.8 Å². The third kappa shape index (κ3) is 1.82. The molecule has 2 aliphatic rings. The van der Waals surface area contributed by atoms with Crippen LogP contribution in [0.2, 0.25) is 0 Å². The number of hydrogen-bond acceptors (Lipinski definition) is 2. The third-order valence-corrected chi connectivity index (χ3v) is 4.21. The Morgan fingerprint density at radius 1 is 1.43 bits per heavy atom. The molecule has 0 radical (unpaired) electrons. The standard InChI is InChI=1S/C12H24N2/c1-4-12(3)8-14(9-12)11-6-5-7-13-10(11)2/h10-11,13H,4-9H2,1-3H3. The van der Waals surface area contributed by atoms with Gasteiger partial charge in [0.1, 0.15) is 0 Å². The highest BCUT2D eigenvalue weighted by molar-refractivity contribution is 4.97. The summed E-state index contributed by atoms with van der Waals surface area (Å²) in [6, 6.07) is 1.51. The minimum Gasteiger partial charge on any atom is -0.313 e. The van der Waals surface area contributed by atoms with Crippen molar-refractivity contribution in [3.05, 3.63) is 0 Å². The van der Waals surface area contributed by atoms with E-state index in [4.69, 9.17) is 0 Å². The Morgan fingerprint density at radius 3 is 2.71 bits per heavy atom. The maximum Gasteiger partial charge on any atom is 0.0247 e. The Balaban J connectivity index is 1.86. The number of nitrogens with one attached hydrogen (secondary N) is 1. The minimum absolute atomic E-state index is 0.622. The van der Waals surface area contributed by atoms with Gasteiger partial charge in [-0.15, -0.1) is 0 Å². The Bertz CT molecular complexity index is 196. The van der Waals surface area contributed by atoms with E-state index in [2.05, 4.69) is 31.0 Å². The predicted molar refractivity (Wildman–Crippen MR) is 60.5 cm³/mol. The van der Waals surface area contributed by atoms with E-state index in [1.807, 2.05) is 0 Å². The van der Waals surface area contributed by atoms with Crippen molar-refractivity contribution in [3.63, 3.8) is 0 Å². The topological polar surface area (TPSA) is 15.3 Å². The fourth-order valence-electron chi connectivity index (χ4n) is 2.92. The molecule has 2 aliphatic heterocycles. The van der Waals surface area contributed by atoms with Crippen molar-refractivity contribution in [3.8, 4) is 0 Å². The molecule has 0 amide bonds. The lowest BCUT2D eigenvalue weighted by Crippen LogP contribution is -2.63. The Hall–Kier alpha value is -0.0800. The summed E-state index contributed by atoms with van der Waals surface area (Å²) in [4.78, 5) is 2.68. The summed E-state index contributed by atoms with van der Waals surface area (Å²) in [5, 5.41) is 3.58. The first-order valence-corrected chi connectivity index (χ1v) is 6.12. The van der Waals surface area contributed by atoms with E-state index in [1.165, 1.54) is 38.9 Å². The molecule has 0 aromatic heterocycles. The first kappa shape index (κ1) is 10.4. The molecule has 2 fully saturated rings. The maximum atomic E-state index is 3.58. The molecular weight excluding hydrogens is 172 g/mol. The van der Waals surface area contributed by atoms with E-state index < -0.39 is 0 Å². The molecule has 0 bridgehead atoms. The molecule has 2 heteroatoms. The van der Waals surface area contributed by atoms with Crippen LogP contribution in [0.3, 0.4) is 0 Å². The van der Waals surface area contributed by atoms with Gasteiger partial charge in [0, 0.05) is 25.2 Å². The number of hydrogen-bond donors (Lipinski definition) is 1. The Kier molecular flexibility index (Phi) is 2.85. The average Bonchev–Trinajstić information content (AvgIpc) is 2.14. The number of nitrogens with zero attached hydrogens (tertiary/aromatic N) is 1. The summed E-state index contributed by atoms with van der Waals surface area (Å²) in [7, 11) is 0. The molecule has 1 N–H and O–H groups in total. The van der Waals surface area contributed by atoms with E-state index in [9.17, 15) is 0 Å². The lowest BCUT2D eigenvalue weighted by molar-refractivity contribution is -0.0386. The zero-order chi connectivity index (χ0) is 10.2. The molecule has 0 saturated carbocycles. The van der Waals surface area contributed by atoms with Crippen LogP contribution in [0.5, 0.6) is 0 Å². The second kappa shape index (κ2) is 3.82.